The van der Waals surface area contributed by atoms with Gasteiger partial charge in [0.25, 0.3) is 0 Å². The number of hydrogen-bond acceptors (Lipinski definition) is 1. The fourth-order valence-electron chi connectivity index (χ4n) is 3.23. The lowest BCUT2D eigenvalue weighted by atomic mass is 10.0. The van der Waals surface area contributed by atoms with E-state index in [0.29, 0.717) is 18.4 Å². The summed E-state index contributed by atoms with van der Waals surface area (Å²) in [7, 11) is 0. The van der Waals surface area contributed by atoms with Crippen LogP contribution in [0.2, 0.25) is 0 Å². The molecule has 1 aliphatic rings. The van der Waals surface area contributed by atoms with Gasteiger partial charge in [0.2, 0.25) is 0 Å². The molecule has 2 atom stereocenters. The summed E-state index contributed by atoms with van der Waals surface area (Å²) in [5.74, 6) is 2.22. The highest BCUT2D eigenvalue weighted by atomic mass is 79.9. The molecular formula is C18H19BrO. The summed E-state index contributed by atoms with van der Waals surface area (Å²) in [6.45, 7) is 5.23. The Labute approximate surface area is 129 Å². The molecule has 0 spiro atoms. The normalized spacial score (nSPS) is 20.8. The Morgan fingerprint density at radius 3 is 2.45 bits per heavy atom. The zero-order chi connectivity index (χ0) is 14.1. The van der Waals surface area contributed by atoms with Gasteiger partial charge in [0.1, 0.15) is 12.4 Å². The van der Waals surface area contributed by atoms with Crippen molar-refractivity contribution in [3.8, 4) is 5.75 Å². The molecule has 0 saturated heterocycles. The average molecular weight is 331 g/mol. The van der Waals surface area contributed by atoms with E-state index in [9.17, 15) is 0 Å². The highest BCUT2D eigenvalue weighted by molar-refractivity contribution is 9.10. The van der Waals surface area contributed by atoms with Gasteiger partial charge in [-0.15, -0.1) is 0 Å². The van der Waals surface area contributed by atoms with Crippen molar-refractivity contribution in [1.82, 2.24) is 0 Å². The van der Waals surface area contributed by atoms with E-state index in [-0.39, 0.29) is 0 Å². The van der Waals surface area contributed by atoms with E-state index in [1.165, 1.54) is 27.6 Å². The van der Waals surface area contributed by atoms with Crippen LogP contribution in [0.25, 0.3) is 0 Å². The summed E-state index contributed by atoms with van der Waals surface area (Å²) < 4.78 is 7.31. The van der Waals surface area contributed by atoms with Gasteiger partial charge in [-0.3, -0.25) is 0 Å². The van der Waals surface area contributed by atoms with Crippen LogP contribution >= 0.6 is 15.9 Å². The third-order valence-corrected chi connectivity index (χ3v) is 4.82. The van der Waals surface area contributed by atoms with Crippen molar-refractivity contribution in [3.63, 3.8) is 0 Å². The smallest absolute Gasteiger partial charge is 0.123 e. The number of rotatable bonds is 3. The minimum atomic E-state index is 0.572. The third-order valence-electron chi connectivity index (χ3n) is 4.12. The molecule has 2 heteroatoms. The first-order valence-corrected chi connectivity index (χ1v) is 7.95. The van der Waals surface area contributed by atoms with Crippen LogP contribution in [0.3, 0.4) is 0 Å². The Hall–Kier alpha value is -1.28. The van der Waals surface area contributed by atoms with Crippen LogP contribution < -0.4 is 4.74 Å². The number of ether oxygens (including phenoxy) is 1. The summed E-state index contributed by atoms with van der Waals surface area (Å²) in [5, 5.41) is 0. The molecule has 0 bridgehead atoms. The van der Waals surface area contributed by atoms with Crippen LogP contribution in [-0.2, 0) is 6.61 Å². The molecule has 0 N–H and O–H groups in total. The van der Waals surface area contributed by atoms with Crippen LogP contribution in [-0.4, -0.2) is 0 Å². The molecule has 0 saturated carbocycles. The van der Waals surface area contributed by atoms with Gasteiger partial charge >= 0.3 is 0 Å². The Kier molecular flexibility index (Phi) is 3.84. The molecule has 0 amide bonds. The van der Waals surface area contributed by atoms with E-state index in [4.69, 9.17) is 4.74 Å². The molecule has 3 rings (SSSR count). The second-order valence-corrected chi connectivity index (χ2v) is 6.54. The Morgan fingerprint density at radius 2 is 1.70 bits per heavy atom. The molecule has 20 heavy (non-hydrogen) atoms. The lowest BCUT2D eigenvalue weighted by Gasteiger charge is -2.15. The van der Waals surface area contributed by atoms with Crippen LogP contribution in [0.15, 0.2) is 46.9 Å². The third kappa shape index (κ3) is 2.49. The molecular weight excluding hydrogens is 312 g/mol. The topological polar surface area (TPSA) is 9.23 Å². The van der Waals surface area contributed by atoms with Crippen LogP contribution in [0.1, 0.15) is 48.8 Å². The van der Waals surface area contributed by atoms with Crippen LogP contribution in [0.5, 0.6) is 5.75 Å². The van der Waals surface area contributed by atoms with Gasteiger partial charge < -0.3 is 4.74 Å². The maximum atomic E-state index is 6.09. The van der Waals surface area contributed by atoms with Crippen molar-refractivity contribution in [3.05, 3.63) is 63.6 Å². The zero-order valence-corrected chi connectivity index (χ0v) is 13.5. The summed E-state index contributed by atoms with van der Waals surface area (Å²) >= 11 is 3.69. The van der Waals surface area contributed by atoms with Crippen molar-refractivity contribution < 1.29 is 4.74 Å². The molecule has 0 radical (unpaired) electrons. The summed E-state index contributed by atoms with van der Waals surface area (Å²) in [6, 6.07) is 14.6. The predicted octanol–water partition coefficient (Wildman–Crippen LogP) is 5.64. The van der Waals surface area contributed by atoms with Crippen LogP contribution in [0.4, 0.5) is 0 Å². The lowest BCUT2D eigenvalue weighted by Crippen LogP contribution is -2.00. The Morgan fingerprint density at radius 1 is 1.00 bits per heavy atom. The molecule has 0 aliphatic heterocycles. The summed E-state index contributed by atoms with van der Waals surface area (Å²) in [4.78, 5) is 0. The van der Waals surface area contributed by atoms with Crippen LogP contribution in [0, 0.1) is 0 Å². The van der Waals surface area contributed by atoms with Crippen molar-refractivity contribution in [1.29, 1.82) is 0 Å². The summed E-state index contributed by atoms with van der Waals surface area (Å²) in [6.07, 6.45) is 1.21. The number of benzene rings is 2. The van der Waals surface area contributed by atoms with Crippen molar-refractivity contribution >= 4 is 15.9 Å². The second kappa shape index (κ2) is 5.61. The highest BCUT2D eigenvalue weighted by Gasteiger charge is 2.30. The first-order valence-electron chi connectivity index (χ1n) is 7.16. The molecule has 1 nitrogen and oxygen atoms in total. The molecule has 0 aromatic heterocycles. The lowest BCUT2D eigenvalue weighted by molar-refractivity contribution is 0.302. The highest BCUT2D eigenvalue weighted by Crippen LogP contribution is 2.48. The molecule has 0 heterocycles. The van der Waals surface area contributed by atoms with Gasteiger partial charge in [-0.25, -0.2) is 0 Å². The summed E-state index contributed by atoms with van der Waals surface area (Å²) in [5.41, 5.74) is 4.04. The quantitative estimate of drug-likeness (QED) is 0.707. The fourth-order valence-corrected chi connectivity index (χ4v) is 3.96. The zero-order valence-electron chi connectivity index (χ0n) is 11.9. The Bertz CT molecular complexity index is 606. The van der Waals surface area contributed by atoms with E-state index < -0.39 is 0 Å². The number of halogens is 1. The molecule has 0 fully saturated rings. The molecule has 2 aromatic carbocycles. The van der Waals surface area contributed by atoms with E-state index in [1.807, 2.05) is 6.07 Å². The van der Waals surface area contributed by atoms with Crippen molar-refractivity contribution in [2.45, 2.75) is 38.7 Å². The predicted molar refractivity (Wildman–Crippen MR) is 86.4 cm³/mol. The minimum Gasteiger partial charge on any atom is -0.489 e. The Balaban J connectivity index is 1.88. The molecule has 1 aliphatic carbocycles. The second-order valence-electron chi connectivity index (χ2n) is 5.68. The van der Waals surface area contributed by atoms with E-state index in [2.05, 4.69) is 66.2 Å². The van der Waals surface area contributed by atoms with Gasteiger partial charge in [-0.1, -0.05) is 60.1 Å². The van der Waals surface area contributed by atoms with Gasteiger partial charge in [-0.05, 0) is 41.5 Å². The SMILES string of the molecule is CC1CC(C)c2c(OCc3ccccc3)ccc(Br)c21. The van der Waals surface area contributed by atoms with Gasteiger partial charge in [-0.2, -0.15) is 0 Å². The number of fused-ring (bicyclic) bond motifs is 1. The standard InChI is InChI=1S/C18H19BrO/c1-12-10-13(2)18-16(9-8-15(19)17(12)18)20-11-14-6-4-3-5-7-14/h3-9,12-13H,10-11H2,1-2H3. The number of hydrogen-bond donors (Lipinski definition) is 0. The van der Waals surface area contributed by atoms with E-state index >= 15 is 0 Å². The molecule has 2 aromatic rings. The first-order chi connectivity index (χ1) is 9.66. The van der Waals surface area contributed by atoms with E-state index in [0.717, 1.165) is 5.75 Å². The fraction of sp³-hybridized carbons (Fsp3) is 0.333. The maximum Gasteiger partial charge on any atom is 0.123 e. The van der Waals surface area contributed by atoms with Crippen molar-refractivity contribution in [2.24, 2.45) is 0 Å². The van der Waals surface area contributed by atoms with Gasteiger partial charge in [0.15, 0.2) is 0 Å². The van der Waals surface area contributed by atoms with E-state index in [1.54, 1.807) is 0 Å². The monoisotopic (exact) mass is 330 g/mol. The van der Waals surface area contributed by atoms with Gasteiger partial charge in [0, 0.05) is 10.0 Å². The molecule has 2 unspecified atom stereocenters. The van der Waals surface area contributed by atoms with Crippen molar-refractivity contribution in [2.75, 3.05) is 0 Å². The maximum absolute atomic E-state index is 6.09. The first kappa shape index (κ1) is 13.7. The molecule has 104 valence electrons. The minimum absolute atomic E-state index is 0.572. The van der Waals surface area contributed by atoms with Gasteiger partial charge in [0.05, 0.1) is 0 Å². The largest absolute Gasteiger partial charge is 0.489 e. The average Bonchev–Trinajstić information content (AvgIpc) is 2.76.